The summed E-state index contributed by atoms with van der Waals surface area (Å²) in [7, 11) is -4.17. The lowest BCUT2D eigenvalue weighted by atomic mass is 9.79. The lowest BCUT2D eigenvalue weighted by Crippen LogP contribution is -2.52. The van der Waals surface area contributed by atoms with Gasteiger partial charge < -0.3 is 0 Å². The van der Waals surface area contributed by atoms with Crippen molar-refractivity contribution >= 4 is 21.5 Å². The Morgan fingerprint density at radius 3 is 2.42 bits per heavy atom. The van der Waals surface area contributed by atoms with Crippen LogP contribution in [0.15, 0.2) is 24.4 Å². The van der Waals surface area contributed by atoms with Crippen LogP contribution in [0.1, 0.15) is 49.6 Å². The molecule has 1 saturated carbocycles. The fourth-order valence-corrected chi connectivity index (χ4v) is 8.41. The summed E-state index contributed by atoms with van der Waals surface area (Å²) in [5.41, 5.74) is 2.53. The zero-order valence-electron chi connectivity index (χ0n) is 18.9. The number of fused-ring (bicyclic) bond motifs is 1. The first kappa shape index (κ1) is 23.3. The van der Waals surface area contributed by atoms with Gasteiger partial charge in [-0.2, -0.15) is 30.6 Å². The van der Waals surface area contributed by atoms with E-state index in [-0.39, 0.29) is 23.8 Å². The molecular formula is C23H28F3N3O2S2. The molecule has 0 amide bonds. The molecule has 1 aliphatic heterocycles. The fourth-order valence-electron chi connectivity index (χ4n) is 5.73. The largest absolute Gasteiger partial charge is 0.402 e. The monoisotopic (exact) mass is 499 g/mol. The van der Waals surface area contributed by atoms with Gasteiger partial charge in [0.2, 0.25) is 0 Å². The van der Waals surface area contributed by atoms with E-state index in [1.807, 2.05) is 6.20 Å². The predicted octanol–water partition coefficient (Wildman–Crippen LogP) is 4.68. The molecule has 1 aromatic carbocycles. The maximum absolute atomic E-state index is 13.1. The first-order valence-corrected chi connectivity index (χ1v) is 13.5. The molecule has 5 nitrogen and oxygen atoms in total. The molecule has 180 valence electrons. The highest BCUT2D eigenvalue weighted by Crippen LogP contribution is 2.51. The number of nitrogens with zero attached hydrogens (tertiary/aromatic N) is 2. The van der Waals surface area contributed by atoms with E-state index in [4.69, 9.17) is 0 Å². The highest BCUT2D eigenvalue weighted by molar-refractivity contribution is 7.87. The maximum Gasteiger partial charge on any atom is 0.402 e. The Morgan fingerprint density at radius 2 is 1.82 bits per heavy atom. The van der Waals surface area contributed by atoms with Crippen molar-refractivity contribution in [3.05, 3.63) is 40.4 Å². The lowest BCUT2D eigenvalue weighted by molar-refractivity contribution is -0.136. The van der Waals surface area contributed by atoms with Gasteiger partial charge in [-0.05, 0) is 60.1 Å². The van der Waals surface area contributed by atoms with Crippen LogP contribution in [0.25, 0.3) is 10.6 Å². The quantitative estimate of drug-likeness (QED) is 0.653. The van der Waals surface area contributed by atoms with Gasteiger partial charge in [-0.1, -0.05) is 32.9 Å². The minimum absolute atomic E-state index is 0.0186. The second-order valence-electron chi connectivity index (χ2n) is 10.7. The molecule has 1 spiro atoms. The normalized spacial score (nSPS) is 29.4. The van der Waals surface area contributed by atoms with Crippen molar-refractivity contribution in [3.8, 4) is 10.6 Å². The van der Waals surface area contributed by atoms with Crippen molar-refractivity contribution in [2.75, 3.05) is 13.1 Å². The molecule has 2 bridgehead atoms. The van der Waals surface area contributed by atoms with Crippen molar-refractivity contribution in [3.63, 3.8) is 0 Å². The minimum Gasteiger partial charge on any atom is -0.244 e. The van der Waals surface area contributed by atoms with Crippen molar-refractivity contribution < 1.29 is 21.6 Å². The van der Waals surface area contributed by atoms with Crippen molar-refractivity contribution in [1.29, 1.82) is 0 Å². The predicted molar refractivity (Wildman–Crippen MR) is 122 cm³/mol. The summed E-state index contributed by atoms with van der Waals surface area (Å²) in [6, 6.07) is 6.30. The van der Waals surface area contributed by atoms with E-state index in [0.717, 1.165) is 34.5 Å². The van der Waals surface area contributed by atoms with Crippen LogP contribution in [0.2, 0.25) is 0 Å². The van der Waals surface area contributed by atoms with E-state index in [1.54, 1.807) is 11.3 Å². The number of thiazole rings is 1. The van der Waals surface area contributed by atoms with E-state index in [1.165, 1.54) is 4.88 Å². The van der Waals surface area contributed by atoms with Crippen LogP contribution in [0.4, 0.5) is 13.2 Å². The van der Waals surface area contributed by atoms with Gasteiger partial charge in [0, 0.05) is 23.2 Å². The maximum atomic E-state index is 13.1. The number of rotatable bonds is 2. The molecule has 1 aromatic heterocycles. The van der Waals surface area contributed by atoms with Crippen molar-refractivity contribution in [2.45, 2.75) is 63.6 Å². The van der Waals surface area contributed by atoms with E-state index in [0.29, 0.717) is 17.1 Å². The topological polar surface area (TPSA) is 62.3 Å². The van der Waals surface area contributed by atoms with Gasteiger partial charge >= 0.3 is 6.18 Å². The van der Waals surface area contributed by atoms with E-state index >= 15 is 0 Å². The summed E-state index contributed by atoms with van der Waals surface area (Å²) in [6.45, 7) is 4.90. The molecule has 5 rings (SSSR count). The third-order valence-corrected chi connectivity index (χ3v) is 10.5. The molecule has 0 radical (unpaired) electrons. The van der Waals surface area contributed by atoms with Crippen LogP contribution in [-0.4, -0.2) is 42.5 Å². The Hall–Kier alpha value is -1.49. The molecule has 33 heavy (non-hydrogen) atoms. The van der Waals surface area contributed by atoms with E-state index in [9.17, 15) is 21.6 Å². The first-order valence-electron chi connectivity index (χ1n) is 11.2. The third-order valence-electron chi connectivity index (χ3n) is 7.40. The molecule has 2 aromatic rings. The Balaban J connectivity index is 1.46. The standard InChI is InChI=1S/C23H28F3N3O2S2/c1-21(2,3)19-11-27-20(32-19)15-5-4-14-9-17-6-7-18(10-16(14)8-15)22(17)12-29(13-23(24,25)26)33(30,31)28-22/h4-5,8,11,17-18,28H,6-7,9-10,12-13H2,1-3H3/t17-,18+,22-/m1/s1. The van der Waals surface area contributed by atoms with Crippen LogP contribution in [0.3, 0.4) is 0 Å². The van der Waals surface area contributed by atoms with Crippen LogP contribution >= 0.6 is 11.3 Å². The van der Waals surface area contributed by atoms with Gasteiger partial charge in [-0.15, -0.1) is 11.3 Å². The van der Waals surface area contributed by atoms with Crippen LogP contribution in [-0.2, 0) is 28.5 Å². The Bertz CT molecular complexity index is 1190. The number of aromatic nitrogens is 1. The zero-order chi connectivity index (χ0) is 23.8. The third kappa shape index (κ3) is 4.13. The Kier molecular flexibility index (Phi) is 5.29. The summed E-state index contributed by atoms with van der Waals surface area (Å²) in [4.78, 5) is 5.83. The SMILES string of the molecule is CC(C)(C)c1cnc(-c2ccc3c(c2)C[C@@H]2CC[C@H](C3)[C@]23CN(CC(F)(F)F)S(=O)(=O)N3)s1. The van der Waals surface area contributed by atoms with Crippen LogP contribution in [0.5, 0.6) is 0 Å². The van der Waals surface area contributed by atoms with Gasteiger partial charge in [0.25, 0.3) is 10.2 Å². The molecule has 3 atom stereocenters. The minimum atomic E-state index is -4.57. The van der Waals surface area contributed by atoms with Crippen LogP contribution in [0, 0.1) is 11.8 Å². The van der Waals surface area contributed by atoms with Gasteiger partial charge in [0.05, 0.1) is 5.54 Å². The number of hydrogen-bond acceptors (Lipinski definition) is 4. The smallest absolute Gasteiger partial charge is 0.244 e. The second-order valence-corrected chi connectivity index (χ2v) is 13.4. The molecule has 1 N–H and O–H groups in total. The fraction of sp³-hybridized carbons (Fsp3) is 0.609. The summed E-state index contributed by atoms with van der Waals surface area (Å²) in [5.74, 6) is -0.0524. The molecular weight excluding hydrogens is 471 g/mol. The highest BCUT2D eigenvalue weighted by atomic mass is 32.2. The highest BCUT2D eigenvalue weighted by Gasteiger charge is 2.60. The molecule has 1 saturated heterocycles. The van der Waals surface area contributed by atoms with Crippen molar-refractivity contribution in [2.24, 2.45) is 11.8 Å². The number of halogens is 3. The van der Waals surface area contributed by atoms with Gasteiger partial charge in [-0.25, -0.2) is 4.98 Å². The van der Waals surface area contributed by atoms with Gasteiger partial charge in [0.15, 0.2) is 0 Å². The van der Waals surface area contributed by atoms with E-state index in [2.05, 4.69) is 48.7 Å². The first-order chi connectivity index (χ1) is 15.3. The molecule has 10 heteroatoms. The number of benzene rings is 1. The average Bonchev–Trinajstić information content (AvgIpc) is 3.30. The summed E-state index contributed by atoms with van der Waals surface area (Å²) < 4.78 is 67.8. The lowest BCUT2D eigenvalue weighted by Gasteiger charge is -2.33. The zero-order valence-corrected chi connectivity index (χ0v) is 20.5. The number of hydrogen-bond donors (Lipinski definition) is 1. The molecule has 0 unspecified atom stereocenters. The molecule has 2 heterocycles. The summed E-state index contributed by atoms with van der Waals surface area (Å²) in [5, 5.41) is 0.949. The summed E-state index contributed by atoms with van der Waals surface area (Å²) in [6.07, 6.45) is 0.295. The van der Waals surface area contributed by atoms with E-state index < -0.39 is 28.5 Å². The van der Waals surface area contributed by atoms with Gasteiger partial charge in [-0.3, -0.25) is 0 Å². The molecule has 3 aliphatic rings. The van der Waals surface area contributed by atoms with Gasteiger partial charge in [0.1, 0.15) is 11.6 Å². The van der Waals surface area contributed by atoms with Crippen molar-refractivity contribution in [1.82, 2.24) is 14.0 Å². The molecule has 2 fully saturated rings. The Labute approximate surface area is 196 Å². The second kappa shape index (κ2) is 7.50. The number of nitrogens with one attached hydrogen (secondary N) is 1. The average molecular weight is 500 g/mol. The number of alkyl halides is 3. The summed E-state index contributed by atoms with van der Waals surface area (Å²) >= 11 is 1.67. The molecule has 2 aliphatic carbocycles. The Morgan fingerprint density at radius 1 is 1.15 bits per heavy atom. The van der Waals surface area contributed by atoms with Crippen LogP contribution < -0.4 is 4.72 Å².